The Morgan fingerprint density at radius 1 is 1.53 bits per heavy atom. The normalized spacial score (nSPS) is 25.0. The molecule has 1 aliphatic carbocycles. The number of hydrogen-bond acceptors (Lipinski definition) is 4. The molecule has 15 heavy (non-hydrogen) atoms. The van der Waals surface area contributed by atoms with Crippen molar-refractivity contribution in [2.24, 2.45) is 11.7 Å². The molecule has 0 radical (unpaired) electrons. The first-order valence-corrected chi connectivity index (χ1v) is 5.15. The Balaban J connectivity index is 2.68. The lowest BCUT2D eigenvalue weighted by atomic mass is 9.96. The number of nitrogens with two attached hydrogens (primary N) is 1. The zero-order valence-electron chi connectivity index (χ0n) is 9.49. The fourth-order valence-corrected chi connectivity index (χ4v) is 1.51. The number of carbonyl (C=O) groups is 1. The van der Waals surface area contributed by atoms with Gasteiger partial charge in [-0.05, 0) is 33.6 Å². The van der Waals surface area contributed by atoms with Gasteiger partial charge in [0.05, 0.1) is 0 Å². The van der Waals surface area contributed by atoms with Gasteiger partial charge in [-0.1, -0.05) is 12.2 Å². The summed E-state index contributed by atoms with van der Waals surface area (Å²) in [5.74, 6) is -1.10. The first-order chi connectivity index (χ1) is 6.73. The number of aliphatic hydroxyl groups is 1. The third kappa shape index (κ3) is 3.04. The number of ether oxygens (including phenoxy) is 1. The van der Waals surface area contributed by atoms with E-state index < -0.39 is 17.3 Å². The van der Waals surface area contributed by atoms with Gasteiger partial charge in [0.2, 0.25) is 5.72 Å². The van der Waals surface area contributed by atoms with Gasteiger partial charge in [0.25, 0.3) is 0 Å². The lowest BCUT2D eigenvalue weighted by Gasteiger charge is -2.30. The second kappa shape index (κ2) is 3.94. The summed E-state index contributed by atoms with van der Waals surface area (Å²) < 4.78 is 5.07. The summed E-state index contributed by atoms with van der Waals surface area (Å²) in [6.07, 6.45) is 5.20. The average molecular weight is 213 g/mol. The van der Waals surface area contributed by atoms with Crippen LogP contribution in [0.4, 0.5) is 0 Å². The predicted molar refractivity (Wildman–Crippen MR) is 56.8 cm³/mol. The minimum Gasteiger partial charge on any atom is -0.457 e. The van der Waals surface area contributed by atoms with Crippen molar-refractivity contribution < 1.29 is 14.6 Å². The first-order valence-electron chi connectivity index (χ1n) is 5.15. The highest BCUT2D eigenvalue weighted by molar-refractivity contribution is 5.79. The van der Waals surface area contributed by atoms with Gasteiger partial charge in [0.1, 0.15) is 5.60 Å². The third-order valence-corrected chi connectivity index (χ3v) is 2.30. The van der Waals surface area contributed by atoms with Crippen LogP contribution in [0.3, 0.4) is 0 Å². The zero-order valence-corrected chi connectivity index (χ0v) is 9.49. The minimum absolute atomic E-state index is 0.340. The van der Waals surface area contributed by atoms with Crippen LogP contribution in [0.25, 0.3) is 0 Å². The van der Waals surface area contributed by atoms with E-state index in [-0.39, 0.29) is 5.92 Å². The van der Waals surface area contributed by atoms with E-state index in [1.807, 2.05) is 6.08 Å². The number of hydrogen-bond donors (Lipinski definition) is 2. The van der Waals surface area contributed by atoms with Crippen molar-refractivity contribution in [1.82, 2.24) is 0 Å². The third-order valence-electron chi connectivity index (χ3n) is 2.30. The fraction of sp³-hybridized carbons (Fsp3) is 0.727. The summed E-state index contributed by atoms with van der Waals surface area (Å²) in [5, 5.41) is 9.90. The van der Waals surface area contributed by atoms with Gasteiger partial charge >= 0.3 is 5.97 Å². The maximum atomic E-state index is 11.6. The Labute approximate surface area is 90.1 Å². The molecule has 0 saturated carbocycles. The highest BCUT2D eigenvalue weighted by Crippen LogP contribution is 2.27. The van der Waals surface area contributed by atoms with Crippen LogP contribution in [-0.2, 0) is 9.53 Å². The molecule has 0 amide bonds. The maximum absolute atomic E-state index is 11.6. The predicted octanol–water partition coefficient (Wildman–Crippen LogP) is 0.942. The summed E-state index contributed by atoms with van der Waals surface area (Å²) in [4.78, 5) is 11.6. The molecule has 1 aliphatic rings. The van der Waals surface area contributed by atoms with Gasteiger partial charge < -0.3 is 9.84 Å². The molecule has 0 spiro atoms. The van der Waals surface area contributed by atoms with Crippen molar-refractivity contribution in [2.45, 2.75) is 44.9 Å². The molecular weight excluding hydrogens is 194 g/mol. The monoisotopic (exact) mass is 213 g/mol. The molecule has 0 saturated heterocycles. The van der Waals surface area contributed by atoms with Crippen molar-refractivity contribution in [3.8, 4) is 0 Å². The zero-order chi connectivity index (χ0) is 11.7. The molecule has 3 N–H and O–H groups in total. The van der Waals surface area contributed by atoms with Crippen LogP contribution in [0, 0.1) is 5.92 Å². The Morgan fingerprint density at radius 2 is 2.13 bits per heavy atom. The minimum atomic E-state index is -1.90. The van der Waals surface area contributed by atoms with E-state index in [1.54, 1.807) is 26.8 Å². The van der Waals surface area contributed by atoms with E-state index in [0.29, 0.717) is 6.42 Å². The molecule has 86 valence electrons. The Bertz CT molecular complexity index is 276. The highest BCUT2D eigenvalue weighted by Gasteiger charge is 2.42. The van der Waals surface area contributed by atoms with Crippen LogP contribution >= 0.6 is 0 Å². The molecule has 0 heterocycles. The van der Waals surface area contributed by atoms with E-state index in [2.05, 4.69) is 0 Å². The van der Waals surface area contributed by atoms with Gasteiger partial charge in [0.15, 0.2) is 0 Å². The van der Waals surface area contributed by atoms with Crippen molar-refractivity contribution >= 4 is 5.97 Å². The second-order valence-corrected chi connectivity index (χ2v) is 4.94. The Morgan fingerprint density at radius 3 is 2.53 bits per heavy atom. The standard InChI is InChI=1S/C11H19NO3/c1-10(2,3)15-9(13)11(12,14)8-6-4-5-7-8/h4,6,8,14H,5,7,12H2,1-3H3. The molecule has 0 aromatic carbocycles. The number of rotatable bonds is 2. The van der Waals surface area contributed by atoms with E-state index in [9.17, 15) is 9.90 Å². The molecular formula is C11H19NO3. The van der Waals surface area contributed by atoms with Crippen LogP contribution in [0.5, 0.6) is 0 Å². The molecule has 2 unspecified atom stereocenters. The molecule has 4 nitrogen and oxygen atoms in total. The van der Waals surface area contributed by atoms with Crippen molar-refractivity contribution in [3.05, 3.63) is 12.2 Å². The number of allylic oxidation sites excluding steroid dienone is 1. The van der Waals surface area contributed by atoms with Crippen molar-refractivity contribution in [3.63, 3.8) is 0 Å². The quantitative estimate of drug-likeness (QED) is 0.407. The second-order valence-electron chi connectivity index (χ2n) is 4.94. The average Bonchev–Trinajstić information content (AvgIpc) is 2.52. The maximum Gasteiger partial charge on any atom is 0.354 e. The van der Waals surface area contributed by atoms with Crippen molar-refractivity contribution in [1.29, 1.82) is 0 Å². The van der Waals surface area contributed by atoms with E-state index >= 15 is 0 Å². The largest absolute Gasteiger partial charge is 0.457 e. The molecule has 4 heteroatoms. The SMILES string of the molecule is CC(C)(C)OC(=O)C(N)(O)C1C=CCC1. The molecule has 2 atom stereocenters. The van der Waals surface area contributed by atoms with Gasteiger partial charge in [-0.25, -0.2) is 4.79 Å². The first kappa shape index (κ1) is 12.2. The Kier molecular flexibility index (Phi) is 3.21. The summed E-state index contributed by atoms with van der Waals surface area (Å²) >= 11 is 0. The lowest BCUT2D eigenvalue weighted by Crippen LogP contribution is -2.55. The summed E-state index contributed by atoms with van der Waals surface area (Å²) in [5.41, 5.74) is 3.07. The van der Waals surface area contributed by atoms with Crippen LogP contribution in [0.1, 0.15) is 33.6 Å². The summed E-state index contributed by atoms with van der Waals surface area (Å²) in [6, 6.07) is 0. The molecule has 0 fully saturated rings. The smallest absolute Gasteiger partial charge is 0.354 e. The number of carbonyl (C=O) groups excluding carboxylic acids is 1. The molecule has 0 bridgehead atoms. The fourth-order valence-electron chi connectivity index (χ4n) is 1.51. The van der Waals surface area contributed by atoms with Crippen LogP contribution in [-0.4, -0.2) is 22.4 Å². The highest BCUT2D eigenvalue weighted by atomic mass is 16.6. The Hall–Kier alpha value is -0.870. The lowest BCUT2D eigenvalue weighted by molar-refractivity contribution is -0.180. The molecule has 0 aliphatic heterocycles. The van der Waals surface area contributed by atoms with E-state index in [4.69, 9.17) is 10.5 Å². The molecule has 0 aromatic rings. The summed E-state index contributed by atoms with van der Waals surface area (Å²) in [7, 11) is 0. The van der Waals surface area contributed by atoms with Gasteiger partial charge in [-0.15, -0.1) is 0 Å². The topological polar surface area (TPSA) is 72.5 Å². The van der Waals surface area contributed by atoms with Gasteiger partial charge in [-0.2, -0.15) is 0 Å². The van der Waals surface area contributed by atoms with Crippen LogP contribution < -0.4 is 5.73 Å². The molecule has 1 rings (SSSR count). The van der Waals surface area contributed by atoms with Gasteiger partial charge in [0, 0.05) is 5.92 Å². The molecule has 0 aromatic heterocycles. The van der Waals surface area contributed by atoms with E-state index in [0.717, 1.165) is 6.42 Å². The van der Waals surface area contributed by atoms with Gasteiger partial charge in [-0.3, -0.25) is 5.73 Å². The summed E-state index contributed by atoms with van der Waals surface area (Å²) in [6.45, 7) is 5.22. The number of esters is 1. The van der Waals surface area contributed by atoms with Crippen LogP contribution in [0.2, 0.25) is 0 Å². The van der Waals surface area contributed by atoms with E-state index in [1.165, 1.54) is 0 Å². The van der Waals surface area contributed by atoms with Crippen LogP contribution in [0.15, 0.2) is 12.2 Å². The van der Waals surface area contributed by atoms with Crippen molar-refractivity contribution in [2.75, 3.05) is 0 Å².